The van der Waals surface area contributed by atoms with Crippen molar-refractivity contribution in [3.63, 3.8) is 0 Å². The number of para-hydroxylation sites is 1. The number of benzene rings is 2. The van der Waals surface area contributed by atoms with Crippen LogP contribution in [0.3, 0.4) is 0 Å². The van der Waals surface area contributed by atoms with E-state index in [1.54, 1.807) is 6.26 Å². The molecule has 0 aliphatic carbocycles. The van der Waals surface area contributed by atoms with E-state index in [1.165, 1.54) is 0 Å². The monoisotopic (exact) mass is 393 g/mol. The standard InChI is InChI=1S/C21H20BNO6/c24-21(16-10-18-14-6-1-2-7-15(14)20(16)28-18)23-19(29-22(25)26)9-12-11-27-17-8-4-3-5-13(12)17/h1-8,11,16,18-20,25-26H,9-10H2,(H,23,24)/t16?,18-,19+,20-/m0/s1. The Kier molecular flexibility index (Phi) is 4.64. The van der Waals surface area contributed by atoms with E-state index in [1.807, 2.05) is 48.5 Å². The van der Waals surface area contributed by atoms with E-state index in [0.29, 0.717) is 6.42 Å². The topological polar surface area (TPSA) is 101 Å². The molecule has 29 heavy (non-hydrogen) atoms. The summed E-state index contributed by atoms with van der Waals surface area (Å²) < 4.78 is 16.7. The first-order valence-electron chi connectivity index (χ1n) is 9.61. The van der Waals surface area contributed by atoms with E-state index >= 15 is 0 Å². The van der Waals surface area contributed by atoms with Gasteiger partial charge in [0.15, 0.2) is 0 Å². The number of rotatable bonds is 6. The number of hydrogen-bond acceptors (Lipinski definition) is 6. The predicted octanol–water partition coefficient (Wildman–Crippen LogP) is 2.24. The summed E-state index contributed by atoms with van der Waals surface area (Å²) in [5.41, 5.74) is 3.71. The maximum atomic E-state index is 13.0. The van der Waals surface area contributed by atoms with Crippen molar-refractivity contribution in [3.8, 4) is 0 Å². The molecule has 3 N–H and O–H groups in total. The highest BCUT2D eigenvalue weighted by atomic mass is 16.6. The summed E-state index contributed by atoms with van der Waals surface area (Å²) in [5, 5.41) is 22.3. The Morgan fingerprint density at radius 1 is 1.17 bits per heavy atom. The van der Waals surface area contributed by atoms with Gasteiger partial charge in [-0.2, -0.15) is 0 Å². The van der Waals surface area contributed by atoms with Crippen molar-refractivity contribution in [2.45, 2.75) is 31.3 Å². The van der Waals surface area contributed by atoms with Gasteiger partial charge in [0, 0.05) is 17.4 Å². The smallest absolute Gasteiger partial charge is 0.464 e. The zero-order chi connectivity index (χ0) is 20.0. The molecule has 1 amide bonds. The maximum Gasteiger partial charge on any atom is 0.635 e. The second kappa shape index (κ2) is 7.31. The molecule has 8 heteroatoms. The van der Waals surface area contributed by atoms with E-state index in [2.05, 4.69) is 5.32 Å². The lowest BCUT2D eigenvalue weighted by Gasteiger charge is -2.24. The SMILES string of the molecule is O=C(N[C@@H](Cc1coc2ccccc12)OB(O)O)C1C[C@@H]2O[C@H]1c1ccccc12. The summed E-state index contributed by atoms with van der Waals surface area (Å²) in [6.45, 7) is 0. The van der Waals surface area contributed by atoms with Crippen LogP contribution in [-0.4, -0.2) is 29.5 Å². The minimum atomic E-state index is -2.00. The summed E-state index contributed by atoms with van der Waals surface area (Å²) in [7, 11) is -2.00. The Labute approximate surface area is 167 Å². The summed E-state index contributed by atoms with van der Waals surface area (Å²) in [6.07, 6.45) is 1.14. The molecule has 0 saturated carbocycles. The van der Waals surface area contributed by atoms with Crippen LogP contribution in [0.5, 0.6) is 0 Å². The fraction of sp³-hybridized carbons (Fsp3) is 0.286. The molecule has 1 fully saturated rings. The van der Waals surface area contributed by atoms with E-state index < -0.39 is 13.5 Å². The van der Waals surface area contributed by atoms with Crippen LogP contribution in [0.25, 0.3) is 11.0 Å². The molecular formula is C21H20BNO6. The molecule has 7 nitrogen and oxygen atoms in total. The number of fused-ring (bicyclic) bond motifs is 6. The zero-order valence-electron chi connectivity index (χ0n) is 15.5. The Balaban J connectivity index is 1.33. The van der Waals surface area contributed by atoms with Gasteiger partial charge in [-0.3, -0.25) is 4.79 Å². The molecule has 4 atom stereocenters. The lowest BCUT2D eigenvalue weighted by molar-refractivity contribution is -0.129. The van der Waals surface area contributed by atoms with E-state index in [9.17, 15) is 14.8 Å². The van der Waals surface area contributed by atoms with Crippen molar-refractivity contribution < 1.29 is 28.7 Å². The van der Waals surface area contributed by atoms with Crippen LogP contribution >= 0.6 is 0 Å². The number of nitrogens with one attached hydrogen (secondary N) is 1. The molecule has 1 saturated heterocycles. The molecule has 1 aromatic heterocycles. The largest absolute Gasteiger partial charge is 0.635 e. The summed E-state index contributed by atoms with van der Waals surface area (Å²) in [6, 6.07) is 15.4. The van der Waals surface area contributed by atoms with Crippen LogP contribution in [-0.2, 0) is 20.6 Å². The maximum absolute atomic E-state index is 13.0. The fourth-order valence-corrected chi connectivity index (χ4v) is 4.42. The molecule has 3 heterocycles. The van der Waals surface area contributed by atoms with Gasteiger partial charge in [-0.15, -0.1) is 0 Å². The number of furan rings is 1. The van der Waals surface area contributed by atoms with Crippen molar-refractivity contribution in [2.24, 2.45) is 5.92 Å². The highest BCUT2D eigenvalue weighted by Crippen LogP contribution is 2.53. The summed E-state index contributed by atoms with van der Waals surface area (Å²) >= 11 is 0. The molecule has 2 aliphatic heterocycles. The lowest BCUT2D eigenvalue weighted by atomic mass is 9.83. The van der Waals surface area contributed by atoms with Crippen LogP contribution in [0.4, 0.5) is 0 Å². The number of ether oxygens (including phenoxy) is 1. The lowest BCUT2D eigenvalue weighted by Crippen LogP contribution is -2.45. The van der Waals surface area contributed by atoms with Gasteiger partial charge in [-0.05, 0) is 23.6 Å². The van der Waals surface area contributed by atoms with Crippen molar-refractivity contribution in [2.75, 3.05) is 0 Å². The van der Waals surface area contributed by atoms with E-state index in [4.69, 9.17) is 13.8 Å². The molecule has 0 spiro atoms. The average Bonchev–Trinajstić information content (AvgIpc) is 3.41. The van der Waals surface area contributed by atoms with Crippen LogP contribution in [0.15, 0.2) is 59.2 Å². The number of amides is 1. The molecule has 3 aromatic rings. The van der Waals surface area contributed by atoms with Crippen LogP contribution < -0.4 is 5.32 Å². The Morgan fingerprint density at radius 3 is 2.76 bits per heavy atom. The first-order valence-corrected chi connectivity index (χ1v) is 9.61. The van der Waals surface area contributed by atoms with E-state index in [-0.39, 0.29) is 30.5 Å². The Hall–Kier alpha value is -2.65. The second-order valence-electron chi connectivity index (χ2n) is 7.44. The predicted molar refractivity (Wildman–Crippen MR) is 104 cm³/mol. The second-order valence-corrected chi connectivity index (χ2v) is 7.44. The van der Waals surface area contributed by atoms with Crippen molar-refractivity contribution in [1.29, 1.82) is 0 Å². The third-order valence-electron chi connectivity index (χ3n) is 5.69. The zero-order valence-corrected chi connectivity index (χ0v) is 15.5. The van der Waals surface area contributed by atoms with Gasteiger partial charge in [0.2, 0.25) is 5.91 Å². The number of hydrogen-bond donors (Lipinski definition) is 3. The highest BCUT2D eigenvalue weighted by molar-refractivity contribution is 6.32. The van der Waals surface area contributed by atoms with Crippen LogP contribution in [0, 0.1) is 5.92 Å². The van der Waals surface area contributed by atoms with E-state index in [0.717, 1.165) is 27.7 Å². The van der Waals surface area contributed by atoms with Gasteiger partial charge in [-0.25, -0.2) is 0 Å². The van der Waals surface area contributed by atoms with Gasteiger partial charge in [0.05, 0.1) is 24.4 Å². The Morgan fingerprint density at radius 2 is 1.93 bits per heavy atom. The van der Waals surface area contributed by atoms with Crippen molar-refractivity contribution in [1.82, 2.24) is 5.32 Å². The highest BCUT2D eigenvalue weighted by Gasteiger charge is 2.48. The first-order chi connectivity index (χ1) is 14.1. The van der Waals surface area contributed by atoms with Crippen LogP contribution in [0.2, 0.25) is 0 Å². The summed E-state index contributed by atoms with van der Waals surface area (Å²) in [4.78, 5) is 13.0. The first kappa shape index (κ1) is 18.4. The molecule has 5 rings (SSSR count). The van der Waals surface area contributed by atoms with Crippen LogP contribution in [0.1, 0.15) is 35.3 Å². The molecule has 2 bridgehead atoms. The summed E-state index contributed by atoms with van der Waals surface area (Å²) in [5.74, 6) is -0.580. The third-order valence-corrected chi connectivity index (χ3v) is 5.69. The fourth-order valence-electron chi connectivity index (χ4n) is 4.42. The number of carbonyl (C=O) groups excluding carboxylic acids is 1. The molecule has 1 unspecified atom stereocenters. The minimum absolute atomic E-state index is 0.0763. The van der Waals surface area contributed by atoms with Crippen molar-refractivity contribution >= 4 is 24.2 Å². The normalized spacial score (nSPS) is 23.2. The molecule has 148 valence electrons. The van der Waals surface area contributed by atoms with Gasteiger partial charge >= 0.3 is 7.32 Å². The minimum Gasteiger partial charge on any atom is -0.464 e. The van der Waals surface area contributed by atoms with Gasteiger partial charge in [0.25, 0.3) is 0 Å². The quantitative estimate of drug-likeness (QED) is 0.439. The molecule has 2 aromatic carbocycles. The van der Waals surface area contributed by atoms with Gasteiger partial charge < -0.3 is 29.2 Å². The molecule has 0 radical (unpaired) electrons. The Bertz CT molecular complexity index is 1050. The van der Waals surface area contributed by atoms with Gasteiger partial charge in [-0.1, -0.05) is 42.5 Å². The van der Waals surface area contributed by atoms with Gasteiger partial charge in [0.1, 0.15) is 11.8 Å². The third kappa shape index (κ3) is 3.34. The average molecular weight is 393 g/mol. The number of carbonyl (C=O) groups is 1. The molecular weight excluding hydrogens is 373 g/mol. The van der Waals surface area contributed by atoms with Crippen molar-refractivity contribution in [3.05, 3.63) is 71.5 Å². The molecule has 2 aliphatic rings.